The van der Waals surface area contributed by atoms with Crippen molar-refractivity contribution in [2.45, 2.75) is 30.7 Å². The van der Waals surface area contributed by atoms with E-state index in [1.807, 2.05) is 12.1 Å². The Balaban J connectivity index is 1.48. The molecule has 3 rings (SSSR count). The van der Waals surface area contributed by atoms with Crippen LogP contribution in [0.25, 0.3) is 0 Å². The summed E-state index contributed by atoms with van der Waals surface area (Å²) in [6, 6.07) is 12.3. The summed E-state index contributed by atoms with van der Waals surface area (Å²) in [5.41, 5.74) is 2.68. The molecule has 1 heterocycles. The van der Waals surface area contributed by atoms with Crippen LogP contribution in [0.5, 0.6) is 11.5 Å². The third kappa shape index (κ3) is 5.11. The van der Waals surface area contributed by atoms with Crippen molar-refractivity contribution in [3.05, 3.63) is 53.1 Å². The van der Waals surface area contributed by atoms with Crippen LogP contribution in [0.1, 0.15) is 29.5 Å². The van der Waals surface area contributed by atoms with E-state index in [4.69, 9.17) is 14.7 Å². The Morgan fingerprint density at radius 1 is 1.10 bits per heavy atom. The van der Waals surface area contributed by atoms with E-state index in [1.165, 1.54) is 23.3 Å². The molecule has 2 aromatic carbocycles. The predicted octanol–water partition coefficient (Wildman–Crippen LogP) is 2.69. The lowest BCUT2D eigenvalue weighted by Crippen LogP contribution is -2.32. The quantitative estimate of drug-likeness (QED) is 0.616. The van der Waals surface area contributed by atoms with Gasteiger partial charge in [0.2, 0.25) is 10.0 Å². The van der Waals surface area contributed by atoms with E-state index in [1.54, 1.807) is 26.4 Å². The molecule has 0 radical (unpaired) electrons. The highest BCUT2D eigenvalue weighted by atomic mass is 32.2. The topological polar surface area (TPSA) is 91.7 Å². The number of hydrogen-bond donors (Lipinski definition) is 1. The Morgan fingerprint density at radius 2 is 1.80 bits per heavy atom. The zero-order valence-electron chi connectivity index (χ0n) is 17.3. The van der Waals surface area contributed by atoms with Crippen molar-refractivity contribution < 1.29 is 17.9 Å². The number of benzene rings is 2. The number of hydrogen-bond acceptors (Lipinski definition) is 6. The van der Waals surface area contributed by atoms with Crippen molar-refractivity contribution in [1.82, 2.24) is 9.62 Å². The van der Waals surface area contributed by atoms with Crippen molar-refractivity contribution in [2.24, 2.45) is 0 Å². The summed E-state index contributed by atoms with van der Waals surface area (Å²) in [7, 11) is -0.389. The number of methoxy groups -OCH3 is 2. The standard InChI is InChI=1S/C22H27N3O4S/c1-28-20-13-17-9-12-25(16-19(17)14-21(20)29-2)11-6-5-10-24-30(26,27)22-8-4-3-7-18(22)15-23/h3-4,7-8,13-14,24H,5-6,9-12,16H2,1-2H3. The molecule has 0 atom stereocenters. The zero-order valence-corrected chi connectivity index (χ0v) is 18.2. The second-order valence-electron chi connectivity index (χ2n) is 7.21. The minimum atomic E-state index is -3.67. The molecule has 2 aromatic rings. The second-order valence-corrected chi connectivity index (χ2v) is 8.95. The van der Waals surface area contributed by atoms with E-state index in [2.05, 4.69) is 15.7 Å². The maximum Gasteiger partial charge on any atom is 0.241 e. The van der Waals surface area contributed by atoms with Gasteiger partial charge >= 0.3 is 0 Å². The molecular formula is C22H27N3O4S. The molecule has 0 fully saturated rings. The van der Waals surface area contributed by atoms with Gasteiger partial charge in [0.05, 0.1) is 24.7 Å². The highest BCUT2D eigenvalue weighted by Crippen LogP contribution is 2.33. The number of nitrogens with zero attached hydrogens (tertiary/aromatic N) is 2. The summed E-state index contributed by atoms with van der Waals surface area (Å²) in [6.45, 7) is 3.04. The molecule has 1 N–H and O–H groups in total. The molecule has 8 heteroatoms. The van der Waals surface area contributed by atoms with Gasteiger partial charge in [-0.25, -0.2) is 13.1 Å². The summed E-state index contributed by atoms with van der Waals surface area (Å²) < 4.78 is 38.3. The SMILES string of the molecule is COc1cc2c(cc1OC)CN(CCCCNS(=O)(=O)c1ccccc1C#N)CC2. The van der Waals surface area contributed by atoms with Crippen molar-refractivity contribution in [2.75, 3.05) is 33.9 Å². The molecule has 0 aliphatic carbocycles. The molecule has 0 amide bonds. The summed E-state index contributed by atoms with van der Waals surface area (Å²) >= 11 is 0. The number of nitriles is 1. The number of unbranched alkanes of at least 4 members (excludes halogenated alkanes) is 1. The van der Waals surface area contributed by atoms with Crippen molar-refractivity contribution in [3.8, 4) is 17.6 Å². The van der Waals surface area contributed by atoms with E-state index >= 15 is 0 Å². The van der Waals surface area contributed by atoms with Crippen LogP contribution in [0.15, 0.2) is 41.3 Å². The maximum absolute atomic E-state index is 12.4. The summed E-state index contributed by atoms with van der Waals surface area (Å²) in [6.07, 6.45) is 2.56. The second kappa shape index (κ2) is 9.94. The van der Waals surface area contributed by atoms with Gasteiger partial charge in [-0.05, 0) is 61.2 Å². The van der Waals surface area contributed by atoms with Gasteiger partial charge in [0.25, 0.3) is 0 Å². The fourth-order valence-corrected chi connectivity index (χ4v) is 4.90. The van der Waals surface area contributed by atoms with Crippen LogP contribution in [-0.2, 0) is 23.0 Å². The molecule has 0 bridgehead atoms. The van der Waals surface area contributed by atoms with Gasteiger partial charge in [0, 0.05) is 19.6 Å². The summed E-state index contributed by atoms with van der Waals surface area (Å²) in [5, 5.41) is 9.11. The predicted molar refractivity (Wildman–Crippen MR) is 114 cm³/mol. The van der Waals surface area contributed by atoms with E-state index < -0.39 is 10.0 Å². The summed E-state index contributed by atoms with van der Waals surface area (Å²) in [4.78, 5) is 2.40. The zero-order chi connectivity index (χ0) is 21.6. The number of rotatable bonds is 9. The Hall–Kier alpha value is -2.60. The lowest BCUT2D eigenvalue weighted by atomic mass is 9.98. The molecule has 1 aliphatic heterocycles. The third-order valence-electron chi connectivity index (χ3n) is 5.29. The molecule has 0 aromatic heterocycles. The molecule has 0 saturated heterocycles. The first-order valence-corrected chi connectivity index (χ1v) is 11.4. The number of sulfonamides is 1. The molecule has 0 spiro atoms. The highest BCUT2D eigenvalue weighted by molar-refractivity contribution is 7.89. The molecule has 30 heavy (non-hydrogen) atoms. The van der Waals surface area contributed by atoms with Crippen molar-refractivity contribution >= 4 is 10.0 Å². The van der Waals surface area contributed by atoms with E-state index in [-0.39, 0.29) is 10.5 Å². The fraction of sp³-hybridized carbons (Fsp3) is 0.409. The van der Waals surface area contributed by atoms with E-state index in [0.717, 1.165) is 50.4 Å². The lowest BCUT2D eigenvalue weighted by molar-refractivity contribution is 0.248. The van der Waals surface area contributed by atoms with Crippen molar-refractivity contribution in [1.29, 1.82) is 5.26 Å². The van der Waals surface area contributed by atoms with Gasteiger partial charge in [-0.2, -0.15) is 5.26 Å². The van der Waals surface area contributed by atoms with Gasteiger partial charge in [-0.3, -0.25) is 4.90 Å². The van der Waals surface area contributed by atoms with Gasteiger partial charge in [0.1, 0.15) is 6.07 Å². The van der Waals surface area contributed by atoms with E-state index in [0.29, 0.717) is 6.54 Å². The molecule has 160 valence electrons. The Morgan fingerprint density at radius 3 is 2.50 bits per heavy atom. The first-order valence-electron chi connectivity index (χ1n) is 9.93. The maximum atomic E-state index is 12.4. The average molecular weight is 430 g/mol. The largest absolute Gasteiger partial charge is 0.493 e. The van der Waals surface area contributed by atoms with Gasteiger partial charge < -0.3 is 9.47 Å². The minimum absolute atomic E-state index is 0.0320. The molecule has 0 unspecified atom stereocenters. The smallest absolute Gasteiger partial charge is 0.241 e. The third-order valence-corrected chi connectivity index (χ3v) is 6.81. The molecular weight excluding hydrogens is 402 g/mol. The monoisotopic (exact) mass is 429 g/mol. The number of fused-ring (bicyclic) bond motifs is 1. The van der Waals surface area contributed by atoms with Gasteiger partial charge in [-0.1, -0.05) is 12.1 Å². The Kier molecular flexibility index (Phi) is 7.32. The highest BCUT2D eigenvalue weighted by Gasteiger charge is 2.20. The van der Waals surface area contributed by atoms with E-state index in [9.17, 15) is 8.42 Å². The number of nitrogens with one attached hydrogen (secondary N) is 1. The molecule has 0 saturated carbocycles. The number of ether oxygens (including phenoxy) is 2. The van der Waals surface area contributed by atoms with Crippen LogP contribution < -0.4 is 14.2 Å². The Labute approximate surface area is 178 Å². The van der Waals surface area contributed by atoms with Gasteiger partial charge in [0.15, 0.2) is 11.5 Å². The fourth-order valence-electron chi connectivity index (χ4n) is 3.67. The first-order chi connectivity index (χ1) is 14.5. The van der Waals surface area contributed by atoms with Crippen LogP contribution in [0, 0.1) is 11.3 Å². The van der Waals surface area contributed by atoms with Crippen LogP contribution in [0.3, 0.4) is 0 Å². The molecule has 7 nitrogen and oxygen atoms in total. The van der Waals surface area contributed by atoms with Gasteiger partial charge in [-0.15, -0.1) is 0 Å². The Bertz CT molecular complexity index is 1030. The van der Waals surface area contributed by atoms with Crippen LogP contribution in [0.4, 0.5) is 0 Å². The average Bonchev–Trinajstić information content (AvgIpc) is 2.77. The first kappa shape index (κ1) is 22.1. The van der Waals surface area contributed by atoms with Crippen LogP contribution in [0.2, 0.25) is 0 Å². The van der Waals surface area contributed by atoms with Crippen LogP contribution >= 0.6 is 0 Å². The lowest BCUT2D eigenvalue weighted by Gasteiger charge is -2.29. The van der Waals surface area contributed by atoms with Crippen LogP contribution in [-0.4, -0.2) is 47.2 Å². The normalized spacial score (nSPS) is 14.0. The van der Waals surface area contributed by atoms with Crippen molar-refractivity contribution in [3.63, 3.8) is 0 Å². The minimum Gasteiger partial charge on any atom is -0.493 e. The molecule has 1 aliphatic rings. The summed E-state index contributed by atoms with van der Waals surface area (Å²) in [5.74, 6) is 1.50.